The molecule has 0 spiro atoms. The molecule has 1 amide bonds. The van der Waals surface area contributed by atoms with Crippen molar-refractivity contribution in [2.75, 3.05) is 18.5 Å². The fourth-order valence-electron chi connectivity index (χ4n) is 4.33. The van der Waals surface area contributed by atoms with Crippen molar-refractivity contribution < 1.29 is 13.9 Å². The van der Waals surface area contributed by atoms with Gasteiger partial charge in [0.1, 0.15) is 5.82 Å². The summed E-state index contributed by atoms with van der Waals surface area (Å²) in [4.78, 5) is 16.8. The minimum absolute atomic E-state index is 0.00253. The summed E-state index contributed by atoms with van der Waals surface area (Å²) in [5.41, 5.74) is 8.04. The highest BCUT2D eigenvalue weighted by Crippen LogP contribution is 2.40. The minimum atomic E-state index is -0.773. The van der Waals surface area contributed by atoms with E-state index in [1.165, 1.54) is 18.9 Å². The first kappa shape index (κ1) is 21.9. The lowest BCUT2D eigenvalue weighted by molar-refractivity contribution is -0.118. The summed E-state index contributed by atoms with van der Waals surface area (Å²) in [6.07, 6.45) is 8.27. The Bertz CT molecular complexity index is 906. The average Bonchev–Trinajstić information content (AvgIpc) is 3.50. The topological polar surface area (TPSA) is 89.3 Å². The van der Waals surface area contributed by atoms with Gasteiger partial charge in [-0.15, -0.1) is 0 Å². The van der Waals surface area contributed by atoms with Gasteiger partial charge in [-0.1, -0.05) is 18.9 Å². The van der Waals surface area contributed by atoms with Gasteiger partial charge in [0.2, 0.25) is 5.91 Å². The van der Waals surface area contributed by atoms with Gasteiger partial charge in [0.15, 0.2) is 0 Å². The van der Waals surface area contributed by atoms with Crippen LogP contribution in [0.5, 0.6) is 0 Å². The van der Waals surface area contributed by atoms with Crippen LogP contribution in [0, 0.1) is 11.7 Å². The van der Waals surface area contributed by atoms with Crippen LogP contribution in [0.15, 0.2) is 42.7 Å². The Labute approximate surface area is 182 Å². The van der Waals surface area contributed by atoms with Crippen LogP contribution in [-0.2, 0) is 15.1 Å². The second-order valence-electron chi connectivity index (χ2n) is 8.65. The Hall–Kier alpha value is -2.35. The van der Waals surface area contributed by atoms with Crippen LogP contribution < -0.4 is 16.4 Å². The molecular weight excluding hydrogens is 395 g/mol. The highest BCUT2D eigenvalue weighted by Gasteiger charge is 2.34. The third-order valence-corrected chi connectivity index (χ3v) is 6.39. The standard InChI is InChI=1S/C24H31FN4O2/c1-2-31-19-14-22(28-15-19)23(30)29-21-13-18(5-6-20(21)25)24(26,10-7-16-3-4-16)17-8-11-27-12-9-17/h5-6,8-9,11-13,16,19,22,28H,2-4,7,10,14-15,26H2,1H3,(H,29,30)/t19-,22-,24?/m1/s1. The Morgan fingerprint density at radius 2 is 2.06 bits per heavy atom. The number of halogens is 1. The number of hydrogen-bond acceptors (Lipinski definition) is 5. The van der Waals surface area contributed by atoms with Gasteiger partial charge in [0, 0.05) is 25.5 Å². The lowest BCUT2D eigenvalue weighted by atomic mass is 9.79. The number of aromatic nitrogens is 1. The van der Waals surface area contributed by atoms with Gasteiger partial charge in [-0.25, -0.2) is 4.39 Å². The van der Waals surface area contributed by atoms with Crippen LogP contribution in [0.25, 0.3) is 0 Å². The third kappa shape index (κ3) is 5.11. The Morgan fingerprint density at radius 3 is 2.77 bits per heavy atom. The van der Waals surface area contributed by atoms with Crippen molar-refractivity contribution in [2.24, 2.45) is 11.7 Å². The number of anilines is 1. The maximum absolute atomic E-state index is 14.6. The number of nitrogens with one attached hydrogen (secondary N) is 2. The van der Waals surface area contributed by atoms with Gasteiger partial charge in [0.05, 0.1) is 23.4 Å². The summed E-state index contributed by atoms with van der Waals surface area (Å²) in [5.74, 6) is -0.0189. The number of nitrogens with two attached hydrogens (primary N) is 1. The van der Waals surface area contributed by atoms with E-state index in [9.17, 15) is 9.18 Å². The van der Waals surface area contributed by atoms with E-state index in [-0.39, 0.29) is 17.7 Å². The predicted octanol–water partition coefficient (Wildman–Crippen LogP) is 3.32. The number of hydrogen-bond donors (Lipinski definition) is 3. The fraction of sp³-hybridized carbons (Fsp3) is 0.500. The SMILES string of the molecule is CCO[C@H]1CN[C@@H](C(=O)Nc2cc(C(N)(CCC3CC3)c3ccncc3)ccc2F)C1. The predicted molar refractivity (Wildman–Crippen MR) is 118 cm³/mol. The number of nitrogens with zero attached hydrogens (tertiary/aromatic N) is 1. The molecule has 1 aliphatic carbocycles. The number of carbonyl (C=O) groups excluding carboxylic acids is 1. The summed E-state index contributed by atoms with van der Waals surface area (Å²) in [6, 6.07) is 8.19. The van der Waals surface area contributed by atoms with Gasteiger partial charge in [-0.05, 0) is 67.5 Å². The largest absolute Gasteiger partial charge is 0.377 e. The van der Waals surface area contributed by atoms with E-state index < -0.39 is 17.4 Å². The summed E-state index contributed by atoms with van der Waals surface area (Å²) < 4.78 is 20.2. The zero-order valence-corrected chi connectivity index (χ0v) is 17.9. The molecule has 7 heteroatoms. The van der Waals surface area contributed by atoms with Gasteiger partial charge in [0.25, 0.3) is 0 Å². The molecule has 1 unspecified atom stereocenters. The molecule has 2 aliphatic rings. The maximum atomic E-state index is 14.6. The highest BCUT2D eigenvalue weighted by molar-refractivity contribution is 5.95. The molecule has 2 heterocycles. The van der Waals surface area contributed by atoms with Crippen LogP contribution >= 0.6 is 0 Å². The van der Waals surface area contributed by atoms with Crippen molar-refractivity contribution in [1.82, 2.24) is 10.3 Å². The van der Waals surface area contributed by atoms with Crippen LogP contribution in [0.1, 0.15) is 50.2 Å². The molecule has 166 valence electrons. The Kier molecular flexibility index (Phi) is 6.65. The molecule has 2 aromatic rings. The zero-order chi connectivity index (χ0) is 21.8. The summed E-state index contributed by atoms with van der Waals surface area (Å²) in [6.45, 7) is 3.15. The van der Waals surface area contributed by atoms with E-state index in [0.717, 1.165) is 29.9 Å². The molecule has 0 bridgehead atoms. The zero-order valence-electron chi connectivity index (χ0n) is 17.9. The fourth-order valence-corrected chi connectivity index (χ4v) is 4.33. The monoisotopic (exact) mass is 426 g/mol. The third-order valence-electron chi connectivity index (χ3n) is 6.39. The average molecular weight is 427 g/mol. The number of amides is 1. The van der Waals surface area contributed by atoms with Gasteiger partial charge in [-0.2, -0.15) is 0 Å². The van der Waals surface area contributed by atoms with Crippen LogP contribution in [0.3, 0.4) is 0 Å². The molecule has 0 radical (unpaired) electrons. The van der Waals surface area contributed by atoms with Gasteiger partial charge >= 0.3 is 0 Å². The normalized spacial score (nSPS) is 22.8. The second kappa shape index (κ2) is 9.42. The van der Waals surface area contributed by atoms with E-state index in [0.29, 0.717) is 19.6 Å². The molecule has 31 heavy (non-hydrogen) atoms. The van der Waals surface area contributed by atoms with Crippen molar-refractivity contribution in [1.29, 1.82) is 0 Å². The smallest absolute Gasteiger partial charge is 0.241 e. The molecule has 1 aromatic carbocycles. The molecule has 6 nitrogen and oxygen atoms in total. The Balaban J connectivity index is 1.55. The number of rotatable bonds is 9. The van der Waals surface area contributed by atoms with Crippen molar-refractivity contribution in [3.8, 4) is 0 Å². The van der Waals surface area contributed by atoms with E-state index in [4.69, 9.17) is 10.5 Å². The van der Waals surface area contributed by atoms with Crippen LogP contribution in [0.4, 0.5) is 10.1 Å². The lowest BCUT2D eigenvalue weighted by Gasteiger charge is -2.31. The Morgan fingerprint density at radius 1 is 1.29 bits per heavy atom. The van der Waals surface area contributed by atoms with Crippen molar-refractivity contribution in [3.63, 3.8) is 0 Å². The molecule has 1 aliphatic heterocycles. The molecule has 4 N–H and O–H groups in total. The van der Waals surface area contributed by atoms with Crippen LogP contribution in [0.2, 0.25) is 0 Å². The molecule has 1 aromatic heterocycles. The molecule has 2 fully saturated rings. The van der Waals surface area contributed by atoms with Gasteiger partial charge in [-0.3, -0.25) is 9.78 Å². The molecular formula is C24H31FN4O2. The highest BCUT2D eigenvalue weighted by atomic mass is 19.1. The van der Waals surface area contributed by atoms with Crippen molar-refractivity contribution >= 4 is 11.6 Å². The number of pyridine rings is 1. The first-order valence-corrected chi connectivity index (χ1v) is 11.1. The minimum Gasteiger partial charge on any atom is -0.377 e. The van der Waals surface area contributed by atoms with Gasteiger partial charge < -0.3 is 21.1 Å². The van der Waals surface area contributed by atoms with E-state index in [1.54, 1.807) is 24.5 Å². The summed E-state index contributed by atoms with van der Waals surface area (Å²) >= 11 is 0. The second-order valence-corrected chi connectivity index (χ2v) is 8.65. The van der Waals surface area contributed by atoms with E-state index in [1.807, 2.05) is 19.1 Å². The first-order chi connectivity index (χ1) is 15.0. The summed E-state index contributed by atoms with van der Waals surface area (Å²) in [7, 11) is 0. The quantitative estimate of drug-likeness (QED) is 0.572. The van der Waals surface area contributed by atoms with Crippen LogP contribution in [-0.4, -0.2) is 36.2 Å². The maximum Gasteiger partial charge on any atom is 0.241 e. The number of benzene rings is 1. The van der Waals surface area contributed by atoms with E-state index in [2.05, 4.69) is 15.6 Å². The van der Waals surface area contributed by atoms with Crippen molar-refractivity contribution in [3.05, 3.63) is 59.7 Å². The molecule has 4 rings (SSSR count). The lowest BCUT2D eigenvalue weighted by Crippen LogP contribution is -2.39. The molecule has 1 saturated heterocycles. The number of carbonyl (C=O) groups is 1. The van der Waals surface area contributed by atoms with Crippen molar-refractivity contribution in [2.45, 2.75) is 56.7 Å². The molecule has 1 saturated carbocycles. The summed E-state index contributed by atoms with van der Waals surface area (Å²) in [5, 5.41) is 5.91. The first-order valence-electron chi connectivity index (χ1n) is 11.1. The number of ether oxygens (including phenoxy) is 1. The molecule has 3 atom stereocenters. The van der Waals surface area contributed by atoms with E-state index >= 15 is 0 Å².